The Bertz CT molecular complexity index is 337. The van der Waals surface area contributed by atoms with Crippen LogP contribution in [0.1, 0.15) is 48.0 Å². The summed E-state index contributed by atoms with van der Waals surface area (Å²) in [5, 5.41) is 0. The van der Waals surface area contributed by atoms with Crippen LogP contribution < -0.4 is 0 Å². The number of nitrogens with zero attached hydrogens (tertiary/aromatic N) is 1. The molecule has 18 heavy (non-hydrogen) atoms. The fourth-order valence-corrected chi connectivity index (χ4v) is 3.45. The van der Waals surface area contributed by atoms with Crippen LogP contribution in [0, 0.1) is 11.3 Å². The number of fused-ring (bicyclic) bond motifs is 1. The van der Waals surface area contributed by atoms with Gasteiger partial charge in [-0.1, -0.05) is 20.8 Å². The summed E-state index contributed by atoms with van der Waals surface area (Å²) in [5.74, 6) is 0.923. The number of ketones is 1. The van der Waals surface area contributed by atoms with Gasteiger partial charge in [0.05, 0.1) is 19.3 Å². The number of carbonyl (C=O) groups is 1. The summed E-state index contributed by atoms with van der Waals surface area (Å²) in [7, 11) is 0. The predicted molar refractivity (Wildman–Crippen MR) is 72.6 cm³/mol. The number of Topliss-reactive ketones (excluding diaryl/α,β-unsaturated/α-hetero) is 1. The molecule has 0 bridgehead atoms. The first-order valence-electron chi connectivity index (χ1n) is 7.03. The van der Waals surface area contributed by atoms with Gasteiger partial charge in [0.15, 0.2) is 5.78 Å². The highest BCUT2D eigenvalue weighted by molar-refractivity contribution is 5.89. The van der Waals surface area contributed by atoms with E-state index in [9.17, 15) is 4.79 Å². The van der Waals surface area contributed by atoms with Crippen molar-refractivity contribution < 1.29 is 9.53 Å². The normalized spacial score (nSPS) is 33.8. The summed E-state index contributed by atoms with van der Waals surface area (Å²) in [6.45, 7) is 14.3. The molecule has 0 aromatic carbocycles. The molecule has 3 heteroatoms. The molecule has 0 aromatic rings. The number of hydrogen-bond donors (Lipinski definition) is 0. The molecule has 0 aromatic heterocycles. The molecular weight excluding hydrogens is 226 g/mol. The van der Waals surface area contributed by atoms with Gasteiger partial charge in [-0.3, -0.25) is 9.69 Å². The van der Waals surface area contributed by atoms with Crippen LogP contribution in [-0.4, -0.2) is 41.5 Å². The SMILES string of the molecule is CC(C)(C)C(=O)C1CC2COCC2N1C(C)(C)C. The maximum atomic E-state index is 12.7. The van der Waals surface area contributed by atoms with Crippen molar-refractivity contribution in [1.82, 2.24) is 4.90 Å². The second-order valence-electron chi connectivity index (χ2n) is 7.81. The monoisotopic (exact) mass is 253 g/mol. The van der Waals surface area contributed by atoms with Crippen molar-refractivity contribution in [3.8, 4) is 0 Å². The number of ether oxygens (including phenoxy) is 1. The highest BCUT2D eigenvalue weighted by Gasteiger charge is 2.52. The van der Waals surface area contributed by atoms with Crippen molar-refractivity contribution in [2.45, 2.75) is 65.6 Å². The first kappa shape index (κ1) is 14.0. The Morgan fingerprint density at radius 1 is 1.11 bits per heavy atom. The second-order valence-corrected chi connectivity index (χ2v) is 7.81. The molecule has 104 valence electrons. The highest BCUT2D eigenvalue weighted by Crippen LogP contribution is 2.41. The smallest absolute Gasteiger partial charge is 0.155 e. The second kappa shape index (κ2) is 4.31. The summed E-state index contributed by atoms with van der Waals surface area (Å²) in [5.41, 5.74) is -0.230. The third-order valence-electron chi connectivity index (χ3n) is 4.20. The van der Waals surface area contributed by atoms with E-state index in [0.29, 0.717) is 17.7 Å². The van der Waals surface area contributed by atoms with E-state index in [-0.39, 0.29) is 17.0 Å². The summed E-state index contributed by atoms with van der Waals surface area (Å²) in [6, 6.07) is 0.505. The fraction of sp³-hybridized carbons (Fsp3) is 0.933. The van der Waals surface area contributed by atoms with E-state index in [2.05, 4.69) is 25.7 Å². The lowest BCUT2D eigenvalue weighted by atomic mass is 9.84. The van der Waals surface area contributed by atoms with Gasteiger partial charge in [0.1, 0.15) is 0 Å². The van der Waals surface area contributed by atoms with Crippen LogP contribution in [-0.2, 0) is 9.53 Å². The van der Waals surface area contributed by atoms with Gasteiger partial charge in [0.25, 0.3) is 0 Å². The zero-order chi connectivity index (χ0) is 13.7. The summed E-state index contributed by atoms with van der Waals surface area (Å²) < 4.78 is 5.60. The average Bonchev–Trinajstić information content (AvgIpc) is 2.70. The van der Waals surface area contributed by atoms with Crippen LogP contribution in [0.3, 0.4) is 0 Å². The molecule has 3 unspecified atom stereocenters. The van der Waals surface area contributed by atoms with Crippen molar-refractivity contribution in [1.29, 1.82) is 0 Å². The van der Waals surface area contributed by atoms with Crippen LogP contribution in [0.4, 0.5) is 0 Å². The summed E-state index contributed by atoms with van der Waals surface area (Å²) >= 11 is 0. The number of rotatable bonds is 1. The van der Waals surface area contributed by atoms with Crippen molar-refractivity contribution in [2.24, 2.45) is 11.3 Å². The van der Waals surface area contributed by atoms with E-state index in [1.165, 1.54) is 0 Å². The fourth-order valence-electron chi connectivity index (χ4n) is 3.45. The van der Waals surface area contributed by atoms with Gasteiger partial charge in [-0.05, 0) is 27.2 Å². The third-order valence-corrected chi connectivity index (χ3v) is 4.20. The third kappa shape index (κ3) is 2.35. The van der Waals surface area contributed by atoms with Gasteiger partial charge in [0.2, 0.25) is 0 Å². The van der Waals surface area contributed by atoms with E-state index in [0.717, 1.165) is 19.6 Å². The quantitative estimate of drug-likeness (QED) is 0.719. The maximum Gasteiger partial charge on any atom is 0.155 e. The molecule has 3 atom stereocenters. The minimum atomic E-state index is -0.256. The van der Waals surface area contributed by atoms with Crippen LogP contribution in [0.25, 0.3) is 0 Å². The van der Waals surface area contributed by atoms with Gasteiger partial charge in [0, 0.05) is 22.9 Å². The predicted octanol–water partition coefficient (Wildman–Crippen LogP) is 2.49. The summed E-state index contributed by atoms with van der Waals surface area (Å²) in [6.07, 6.45) is 0.970. The molecule has 2 rings (SSSR count). The molecule has 2 saturated heterocycles. The molecule has 0 amide bonds. The Kier molecular flexibility index (Phi) is 3.35. The van der Waals surface area contributed by atoms with Gasteiger partial charge in [-0.25, -0.2) is 0 Å². The lowest BCUT2D eigenvalue weighted by molar-refractivity contribution is -0.133. The number of hydrogen-bond acceptors (Lipinski definition) is 3. The van der Waals surface area contributed by atoms with E-state index < -0.39 is 0 Å². The number of likely N-dealkylation sites (tertiary alicyclic amines) is 1. The lowest BCUT2D eigenvalue weighted by Gasteiger charge is -2.41. The Labute approximate surface area is 111 Å². The van der Waals surface area contributed by atoms with Crippen LogP contribution in [0.5, 0.6) is 0 Å². The van der Waals surface area contributed by atoms with E-state index in [4.69, 9.17) is 4.74 Å². The van der Waals surface area contributed by atoms with Gasteiger partial charge < -0.3 is 4.74 Å². The lowest BCUT2D eigenvalue weighted by Crippen LogP contribution is -2.54. The molecule has 0 spiro atoms. The van der Waals surface area contributed by atoms with Crippen LogP contribution in [0.15, 0.2) is 0 Å². The molecule has 0 saturated carbocycles. The Hall–Kier alpha value is -0.410. The minimum Gasteiger partial charge on any atom is -0.379 e. The Morgan fingerprint density at radius 2 is 1.72 bits per heavy atom. The van der Waals surface area contributed by atoms with E-state index in [1.54, 1.807) is 0 Å². The van der Waals surface area contributed by atoms with E-state index >= 15 is 0 Å². The van der Waals surface area contributed by atoms with Crippen molar-refractivity contribution in [3.63, 3.8) is 0 Å². The van der Waals surface area contributed by atoms with Crippen molar-refractivity contribution >= 4 is 5.78 Å². The van der Waals surface area contributed by atoms with Crippen molar-refractivity contribution in [2.75, 3.05) is 13.2 Å². The first-order chi connectivity index (χ1) is 8.12. The standard InChI is InChI=1S/C15H27NO2/c1-14(2,3)13(17)11-7-10-8-18-9-12(10)16(11)15(4,5)6/h10-12H,7-9H2,1-6H3. The van der Waals surface area contributed by atoms with Gasteiger partial charge >= 0.3 is 0 Å². The zero-order valence-corrected chi connectivity index (χ0v) is 12.6. The van der Waals surface area contributed by atoms with Crippen LogP contribution in [0.2, 0.25) is 0 Å². The molecular formula is C15H27NO2. The molecule has 0 N–H and O–H groups in total. The molecule has 3 nitrogen and oxygen atoms in total. The molecule has 2 fully saturated rings. The molecule has 2 aliphatic heterocycles. The van der Waals surface area contributed by atoms with Crippen LogP contribution >= 0.6 is 0 Å². The zero-order valence-electron chi connectivity index (χ0n) is 12.6. The Morgan fingerprint density at radius 3 is 2.22 bits per heavy atom. The van der Waals surface area contributed by atoms with E-state index in [1.807, 2.05) is 20.8 Å². The minimum absolute atomic E-state index is 0.0265. The molecule has 2 aliphatic rings. The highest BCUT2D eigenvalue weighted by atomic mass is 16.5. The van der Waals surface area contributed by atoms with Crippen molar-refractivity contribution in [3.05, 3.63) is 0 Å². The summed E-state index contributed by atoms with van der Waals surface area (Å²) in [4.78, 5) is 15.1. The average molecular weight is 253 g/mol. The maximum absolute atomic E-state index is 12.7. The molecule has 2 heterocycles. The van der Waals surface area contributed by atoms with Gasteiger partial charge in [-0.15, -0.1) is 0 Å². The van der Waals surface area contributed by atoms with Gasteiger partial charge in [-0.2, -0.15) is 0 Å². The molecule has 0 aliphatic carbocycles. The Balaban J connectivity index is 2.27. The largest absolute Gasteiger partial charge is 0.379 e. The first-order valence-corrected chi connectivity index (χ1v) is 7.03. The number of carbonyl (C=O) groups excluding carboxylic acids is 1. The molecule has 0 radical (unpaired) electrons. The topological polar surface area (TPSA) is 29.5 Å².